The average Bonchev–Trinajstić information content (AvgIpc) is 2.59. The fraction of sp³-hybridized carbons (Fsp3) is 0.176. The summed E-state index contributed by atoms with van der Waals surface area (Å²) in [6, 6.07) is 16.4. The van der Waals surface area contributed by atoms with Gasteiger partial charge in [0.15, 0.2) is 0 Å². The van der Waals surface area contributed by atoms with Crippen molar-refractivity contribution in [3.05, 3.63) is 60.2 Å². The second-order valence-electron chi connectivity index (χ2n) is 4.68. The van der Waals surface area contributed by atoms with Crippen LogP contribution >= 0.6 is 11.8 Å². The molecule has 5 nitrogen and oxygen atoms in total. The largest absolute Gasteiger partial charge is 0.497 e. The minimum Gasteiger partial charge on any atom is -0.497 e. The number of thioether (sulfide) groups is 1. The van der Waals surface area contributed by atoms with Crippen LogP contribution in [0.1, 0.15) is 5.56 Å². The summed E-state index contributed by atoms with van der Waals surface area (Å²) < 4.78 is 5.12. The van der Waals surface area contributed by atoms with Crippen LogP contribution in [0, 0.1) is 0 Å². The number of methoxy groups -OCH3 is 1. The molecule has 0 bridgehead atoms. The molecule has 0 radical (unpaired) electrons. The van der Waals surface area contributed by atoms with Gasteiger partial charge in [0.2, 0.25) is 5.91 Å². The summed E-state index contributed by atoms with van der Waals surface area (Å²) in [6.45, 7) is 0.378. The number of amides is 3. The van der Waals surface area contributed by atoms with E-state index in [1.165, 1.54) is 11.8 Å². The maximum atomic E-state index is 11.8. The van der Waals surface area contributed by atoms with Gasteiger partial charge in [-0.3, -0.25) is 10.1 Å². The maximum Gasteiger partial charge on any atom is 0.321 e. The Morgan fingerprint density at radius 2 is 1.87 bits per heavy atom. The van der Waals surface area contributed by atoms with Crippen molar-refractivity contribution in [2.45, 2.75) is 11.4 Å². The van der Waals surface area contributed by atoms with Crippen LogP contribution in [0.2, 0.25) is 0 Å². The fourth-order valence-corrected chi connectivity index (χ4v) is 2.57. The Morgan fingerprint density at radius 3 is 2.61 bits per heavy atom. The van der Waals surface area contributed by atoms with Crippen molar-refractivity contribution in [3.63, 3.8) is 0 Å². The van der Waals surface area contributed by atoms with Crippen LogP contribution < -0.4 is 15.4 Å². The van der Waals surface area contributed by atoms with Crippen LogP contribution in [-0.2, 0) is 11.3 Å². The van der Waals surface area contributed by atoms with Crippen molar-refractivity contribution in [1.82, 2.24) is 10.6 Å². The van der Waals surface area contributed by atoms with Crippen molar-refractivity contribution >= 4 is 23.7 Å². The molecule has 3 amide bonds. The first-order chi connectivity index (χ1) is 11.2. The summed E-state index contributed by atoms with van der Waals surface area (Å²) in [7, 11) is 1.59. The predicted octanol–water partition coefficient (Wildman–Crippen LogP) is 2.81. The average molecular weight is 330 g/mol. The Morgan fingerprint density at radius 1 is 1.09 bits per heavy atom. The number of imide groups is 1. The summed E-state index contributed by atoms with van der Waals surface area (Å²) in [5.74, 6) is 0.547. The number of hydrogen-bond acceptors (Lipinski definition) is 4. The zero-order valence-corrected chi connectivity index (χ0v) is 13.6. The number of nitrogens with one attached hydrogen (secondary N) is 2. The SMILES string of the molecule is COc1cccc(SCC(=O)NC(=O)NCc2ccccc2)c1. The summed E-state index contributed by atoms with van der Waals surface area (Å²) in [5.41, 5.74) is 0.973. The minimum atomic E-state index is -0.495. The Labute approximate surface area is 139 Å². The number of carbonyl (C=O) groups is 2. The van der Waals surface area contributed by atoms with Gasteiger partial charge in [-0.05, 0) is 23.8 Å². The molecule has 0 saturated carbocycles. The first kappa shape index (κ1) is 16.9. The van der Waals surface area contributed by atoms with E-state index < -0.39 is 6.03 Å². The van der Waals surface area contributed by atoms with E-state index in [1.54, 1.807) is 7.11 Å². The molecule has 0 fully saturated rings. The van der Waals surface area contributed by atoms with Crippen LogP contribution in [0.15, 0.2) is 59.5 Å². The number of urea groups is 1. The Kier molecular flexibility index (Phi) is 6.50. The molecular weight excluding hydrogens is 312 g/mol. The van der Waals surface area contributed by atoms with Crippen LogP contribution in [0.5, 0.6) is 5.75 Å². The van der Waals surface area contributed by atoms with E-state index in [-0.39, 0.29) is 11.7 Å². The maximum absolute atomic E-state index is 11.8. The monoisotopic (exact) mass is 330 g/mol. The lowest BCUT2D eigenvalue weighted by Gasteiger charge is -2.07. The number of carbonyl (C=O) groups excluding carboxylic acids is 2. The first-order valence-electron chi connectivity index (χ1n) is 7.06. The minimum absolute atomic E-state index is 0.159. The number of hydrogen-bond donors (Lipinski definition) is 2. The fourth-order valence-electron chi connectivity index (χ4n) is 1.82. The summed E-state index contributed by atoms with van der Waals surface area (Å²) in [6.07, 6.45) is 0. The molecule has 6 heteroatoms. The second kappa shape index (κ2) is 8.85. The molecule has 0 aliphatic rings. The van der Waals surface area contributed by atoms with Crippen LogP contribution in [-0.4, -0.2) is 24.8 Å². The van der Waals surface area contributed by atoms with Crippen molar-refractivity contribution in [1.29, 1.82) is 0 Å². The third kappa shape index (κ3) is 6.04. The molecule has 0 aliphatic heterocycles. The van der Waals surface area contributed by atoms with Gasteiger partial charge < -0.3 is 10.1 Å². The molecule has 0 unspecified atom stereocenters. The molecule has 2 aromatic rings. The lowest BCUT2D eigenvalue weighted by Crippen LogP contribution is -2.39. The molecule has 0 heterocycles. The van der Waals surface area contributed by atoms with Crippen molar-refractivity contribution < 1.29 is 14.3 Å². The number of rotatable bonds is 6. The number of benzene rings is 2. The molecule has 2 N–H and O–H groups in total. The third-order valence-corrected chi connectivity index (χ3v) is 3.95. The highest BCUT2D eigenvalue weighted by Gasteiger charge is 2.08. The van der Waals surface area contributed by atoms with E-state index >= 15 is 0 Å². The van der Waals surface area contributed by atoms with Crippen molar-refractivity contribution in [2.24, 2.45) is 0 Å². The molecule has 0 spiro atoms. The normalized spacial score (nSPS) is 9.96. The summed E-state index contributed by atoms with van der Waals surface area (Å²) >= 11 is 1.34. The Bertz CT molecular complexity index is 662. The van der Waals surface area contributed by atoms with E-state index in [9.17, 15) is 9.59 Å². The van der Waals surface area contributed by atoms with Gasteiger partial charge in [0.25, 0.3) is 0 Å². The molecule has 120 valence electrons. The summed E-state index contributed by atoms with van der Waals surface area (Å²) in [5, 5.41) is 4.95. The molecule has 2 rings (SSSR count). The van der Waals surface area contributed by atoms with Crippen LogP contribution in [0.4, 0.5) is 4.79 Å². The highest BCUT2D eigenvalue weighted by atomic mass is 32.2. The highest BCUT2D eigenvalue weighted by molar-refractivity contribution is 8.00. The predicted molar refractivity (Wildman–Crippen MR) is 90.5 cm³/mol. The van der Waals surface area contributed by atoms with Crippen molar-refractivity contribution in [3.8, 4) is 5.75 Å². The van der Waals surface area contributed by atoms with E-state index in [0.717, 1.165) is 16.2 Å². The highest BCUT2D eigenvalue weighted by Crippen LogP contribution is 2.22. The van der Waals surface area contributed by atoms with Crippen LogP contribution in [0.3, 0.4) is 0 Å². The van der Waals surface area contributed by atoms with Gasteiger partial charge in [-0.2, -0.15) is 0 Å². The van der Waals surface area contributed by atoms with Crippen molar-refractivity contribution in [2.75, 3.05) is 12.9 Å². The van der Waals surface area contributed by atoms with Gasteiger partial charge in [0.1, 0.15) is 5.75 Å². The van der Waals surface area contributed by atoms with E-state index in [0.29, 0.717) is 6.54 Å². The lowest BCUT2D eigenvalue weighted by atomic mass is 10.2. The van der Waals surface area contributed by atoms with E-state index in [1.807, 2.05) is 54.6 Å². The molecule has 0 atom stereocenters. The molecule has 0 saturated heterocycles. The quantitative estimate of drug-likeness (QED) is 0.799. The zero-order valence-electron chi connectivity index (χ0n) is 12.7. The van der Waals surface area contributed by atoms with Gasteiger partial charge in [-0.15, -0.1) is 11.8 Å². The van der Waals surface area contributed by atoms with Gasteiger partial charge in [-0.1, -0.05) is 36.4 Å². The van der Waals surface area contributed by atoms with Gasteiger partial charge in [-0.25, -0.2) is 4.79 Å². The van der Waals surface area contributed by atoms with Gasteiger partial charge in [0, 0.05) is 11.4 Å². The molecule has 0 aromatic heterocycles. The standard InChI is InChI=1S/C17H18N2O3S/c1-22-14-8-5-9-15(10-14)23-12-16(20)19-17(21)18-11-13-6-3-2-4-7-13/h2-10H,11-12H2,1H3,(H2,18,19,20,21). The topological polar surface area (TPSA) is 67.4 Å². The number of ether oxygens (including phenoxy) is 1. The van der Waals surface area contributed by atoms with E-state index in [2.05, 4.69) is 10.6 Å². The molecular formula is C17H18N2O3S. The lowest BCUT2D eigenvalue weighted by molar-refractivity contribution is -0.117. The Balaban J connectivity index is 1.72. The third-order valence-electron chi connectivity index (χ3n) is 2.96. The molecule has 0 aliphatic carbocycles. The molecule has 2 aromatic carbocycles. The Hall–Kier alpha value is -2.47. The van der Waals surface area contributed by atoms with Crippen LogP contribution in [0.25, 0.3) is 0 Å². The van der Waals surface area contributed by atoms with Gasteiger partial charge >= 0.3 is 6.03 Å². The zero-order chi connectivity index (χ0) is 16.5. The second-order valence-corrected chi connectivity index (χ2v) is 5.73. The van der Waals surface area contributed by atoms with Gasteiger partial charge in [0.05, 0.1) is 12.9 Å². The van der Waals surface area contributed by atoms with E-state index in [4.69, 9.17) is 4.74 Å². The molecule has 23 heavy (non-hydrogen) atoms. The summed E-state index contributed by atoms with van der Waals surface area (Å²) in [4.78, 5) is 24.3. The first-order valence-corrected chi connectivity index (χ1v) is 8.04. The smallest absolute Gasteiger partial charge is 0.321 e.